The van der Waals surface area contributed by atoms with E-state index < -0.39 is 0 Å². The summed E-state index contributed by atoms with van der Waals surface area (Å²) in [6, 6.07) is 0.604. The third-order valence-electron chi connectivity index (χ3n) is 3.10. The molecule has 2 nitrogen and oxygen atoms in total. The van der Waals surface area contributed by atoms with E-state index in [1.165, 1.54) is 19.4 Å². The Bertz CT molecular complexity index is 181. The van der Waals surface area contributed by atoms with Crippen LogP contribution in [0.2, 0.25) is 0 Å². The monoisotopic (exact) mass is 196 g/mol. The highest BCUT2D eigenvalue weighted by Crippen LogP contribution is 2.20. The van der Waals surface area contributed by atoms with E-state index in [9.17, 15) is 0 Å². The van der Waals surface area contributed by atoms with Crippen LogP contribution in [0.15, 0.2) is 12.7 Å². The number of hydrogen-bond donors (Lipinski definition) is 1. The lowest BCUT2D eigenvalue weighted by molar-refractivity contribution is 0.183. The highest BCUT2D eigenvalue weighted by atomic mass is 15.2. The molecule has 1 rings (SSSR count). The Hall–Kier alpha value is -0.340. The summed E-state index contributed by atoms with van der Waals surface area (Å²) in [5.74, 6) is 0. The first-order valence-corrected chi connectivity index (χ1v) is 5.67. The zero-order valence-electron chi connectivity index (χ0n) is 9.84. The quantitative estimate of drug-likeness (QED) is 0.677. The molecule has 14 heavy (non-hydrogen) atoms. The maximum atomic E-state index is 3.82. The second-order valence-corrected chi connectivity index (χ2v) is 4.90. The molecule has 1 aliphatic rings. The molecule has 0 saturated carbocycles. The van der Waals surface area contributed by atoms with Gasteiger partial charge in [-0.2, -0.15) is 0 Å². The third kappa shape index (κ3) is 3.10. The van der Waals surface area contributed by atoms with E-state index in [1.807, 2.05) is 6.08 Å². The molecule has 1 fully saturated rings. The molecule has 1 N–H and O–H groups in total. The summed E-state index contributed by atoms with van der Waals surface area (Å²) in [7, 11) is 0. The Morgan fingerprint density at radius 2 is 2.29 bits per heavy atom. The first kappa shape index (κ1) is 11.7. The van der Waals surface area contributed by atoms with Crippen LogP contribution in [-0.4, -0.2) is 36.1 Å². The summed E-state index contributed by atoms with van der Waals surface area (Å²) in [6.07, 6.45) is 4.61. The fourth-order valence-electron chi connectivity index (χ4n) is 2.16. The van der Waals surface area contributed by atoms with Crippen LogP contribution in [0.1, 0.15) is 33.6 Å². The van der Waals surface area contributed by atoms with Crippen LogP contribution in [0.3, 0.4) is 0 Å². The lowest BCUT2D eigenvalue weighted by Gasteiger charge is -2.34. The summed E-state index contributed by atoms with van der Waals surface area (Å²) in [5.41, 5.74) is 0.327. The van der Waals surface area contributed by atoms with E-state index in [0.717, 1.165) is 13.1 Å². The molecule has 1 heterocycles. The fourth-order valence-corrected chi connectivity index (χ4v) is 2.16. The molecule has 0 aromatic rings. The van der Waals surface area contributed by atoms with Gasteiger partial charge >= 0.3 is 0 Å². The number of nitrogens with one attached hydrogen (secondary N) is 1. The van der Waals surface area contributed by atoms with Crippen LogP contribution in [0.25, 0.3) is 0 Å². The largest absolute Gasteiger partial charge is 0.310 e. The minimum atomic E-state index is 0.327. The van der Waals surface area contributed by atoms with Gasteiger partial charge < -0.3 is 5.32 Å². The second kappa shape index (κ2) is 4.94. The van der Waals surface area contributed by atoms with Gasteiger partial charge in [-0.1, -0.05) is 6.08 Å². The minimum absolute atomic E-state index is 0.327. The van der Waals surface area contributed by atoms with Gasteiger partial charge in [-0.15, -0.1) is 6.58 Å². The molecule has 1 saturated heterocycles. The molecule has 0 radical (unpaired) electrons. The first-order chi connectivity index (χ1) is 6.57. The van der Waals surface area contributed by atoms with Crippen LogP contribution in [-0.2, 0) is 0 Å². The number of hydrogen-bond acceptors (Lipinski definition) is 2. The SMILES string of the molecule is C=CCN(CC1(C)CCCN1)C(C)C. The van der Waals surface area contributed by atoms with Crippen LogP contribution >= 0.6 is 0 Å². The molecule has 1 aliphatic heterocycles. The molecular formula is C12H24N2. The lowest BCUT2D eigenvalue weighted by Crippen LogP contribution is -2.49. The zero-order valence-corrected chi connectivity index (χ0v) is 9.84. The molecule has 82 valence electrons. The normalized spacial score (nSPS) is 27.5. The average molecular weight is 196 g/mol. The van der Waals surface area contributed by atoms with E-state index in [0.29, 0.717) is 11.6 Å². The van der Waals surface area contributed by atoms with Crippen molar-refractivity contribution in [3.8, 4) is 0 Å². The molecule has 0 bridgehead atoms. The van der Waals surface area contributed by atoms with Crippen molar-refractivity contribution >= 4 is 0 Å². The Morgan fingerprint density at radius 3 is 2.71 bits per heavy atom. The summed E-state index contributed by atoms with van der Waals surface area (Å²) < 4.78 is 0. The highest BCUT2D eigenvalue weighted by molar-refractivity contribution is 4.93. The molecule has 0 amide bonds. The average Bonchev–Trinajstić information content (AvgIpc) is 2.51. The van der Waals surface area contributed by atoms with Gasteiger partial charge in [0, 0.05) is 24.7 Å². The van der Waals surface area contributed by atoms with Crippen molar-refractivity contribution in [1.29, 1.82) is 0 Å². The third-order valence-corrected chi connectivity index (χ3v) is 3.10. The maximum Gasteiger partial charge on any atom is 0.0281 e. The highest BCUT2D eigenvalue weighted by Gasteiger charge is 2.30. The molecule has 0 aromatic carbocycles. The maximum absolute atomic E-state index is 3.82. The topological polar surface area (TPSA) is 15.3 Å². The molecule has 1 atom stereocenters. The summed E-state index contributed by atoms with van der Waals surface area (Å²) >= 11 is 0. The van der Waals surface area contributed by atoms with E-state index in [2.05, 4.69) is 37.6 Å². The van der Waals surface area contributed by atoms with Gasteiger partial charge in [0.2, 0.25) is 0 Å². The Kier molecular flexibility index (Phi) is 4.14. The van der Waals surface area contributed by atoms with E-state index in [4.69, 9.17) is 0 Å². The van der Waals surface area contributed by atoms with Crippen LogP contribution in [0.4, 0.5) is 0 Å². The van der Waals surface area contributed by atoms with E-state index in [-0.39, 0.29) is 0 Å². The fraction of sp³-hybridized carbons (Fsp3) is 0.833. The van der Waals surface area contributed by atoms with Gasteiger partial charge in [-0.25, -0.2) is 0 Å². The predicted molar refractivity (Wildman–Crippen MR) is 62.5 cm³/mol. The summed E-state index contributed by atoms with van der Waals surface area (Å²) in [6.45, 7) is 14.0. The van der Waals surface area contributed by atoms with Crippen LogP contribution in [0.5, 0.6) is 0 Å². The molecule has 0 aliphatic carbocycles. The second-order valence-electron chi connectivity index (χ2n) is 4.90. The smallest absolute Gasteiger partial charge is 0.0281 e. The summed E-state index contributed by atoms with van der Waals surface area (Å²) in [5, 5.41) is 3.60. The molecular weight excluding hydrogens is 172 g/mol. The molecule has 0 aromatic heterocycles. The number of nitrogens with zero attached hydrogens (tertiary/aromatic N) is 1. The van der Waals surface area contributed by atoms with Gasteiger partial charge in [0.15, 0.2) is 0 Å². The van der Waals surface area contributed by atoms with Gasteiger partial charge in [0.1, 0.15) is 0 Å². The zero-order chi connectivity index (χ0) is 10.6. The van der Waals surface area contributed by atoms with Gasteiger partial charge in [0.25, 0.3) is 0 Å². The van der Waals surface area contributed by atoms with Crippen molar-refractivity contribution in [1.82, 2.24) is 10.2 Å². The summed E-state index contributed by atoms with van der Waals surface area (Å²) in [4.78, 5) is 2.48. The molecule has 2 heteroatoms. The van der Waals surface area contributed by atoms with Gasteiger partial charge in [-0.05, 0) is 40.2 Å². The van der Waals surface area contributed by atoms with Crippen molar-refractivity contribution in [2.45, 2.75) is 45.2 Å². The minimum Gasteiger partial charge on any atom is -0.310 e. The van der Waals surface area contributed by atoms with E-state index >= 15 is 0 Å². The van der Waals surface area contributed by atoms with Crippen molar-refractivity contribution in [2.75, 3.05) is 19.6 Å². The number of rotatable bonds is 5. The lowest BCUT2D eigenvalue weighted by atomic mass is 9.99. The molecule has 0 spiro atoms. The van der Waals surface area contributed by atoms with Crippen molar-refractivity contribution < 1.29 is 0 Å². The Labute approximate surface area is 88.4 Å². The Morgan fingerprint density at radius 1 is 1.57 bits per heavy atom. The van der Waals surface area contributed by atoms with Crippen molar-refractivity contribution in [3.05, 3.63) is 12.7 Å². The van der Waals surface area contributed by atoms with Crippen molar-refractivity contribution in [3.63, 3.8) is 0 Å². The van der Waals surface area contributed by atoms with Crippen molar-refractivity contribution in [2.24, 2.45) is 0 Å². The Balaban J connectivity index is 2.49. The molecule has 1 unspecified atom stereocenters. The van der Waals surface area contributed by atoms with E-state index in [1.54, 1.807) is 0 Å². The van der Waals surface area contributed by atoms with Crippen LogP contribution in [0, 0.1) is 0 Å². The van der Waals surface area contributed by atoms with Crippen LogP contribution < -0.4 is 5.32 Å². The first-order valence-electron chi connectivity index (χ1n) is 5.67. The van der Waals surface area contributed by atoms with Gasteiger partial charge in [-0.3, -0.25) is 4.90 Å². The van der Waals surface area contributed by atoms with Gasteiger partial charge in [0.05, 0.1) is 0 Å². The standard InChI is InChI=1S/C12H24N2/c1-5-9-14(11(2)3)10-12(4)7-6-8-13-12/h5,11,13H,1,6-10H2,2-4H3. The predicted octanol–water partition coefficient (Wildman–Crippen LogP) is 2.02.